The zero-order chi connectivity index (χ0) is 31.8. The number of piperidine rings is 2. The lowest BCUT2D eigenvalue weighted by atomic mass is 10.0. The Balaban J connectivity index is 1.25. The van der Waals surface area contributed by atoms with Crippen molar-refractivity contribution in [2.75, 3.05) is 46.6 Å². The number of anilines is 5. The molecule has 2 aliphatic rings. The van der Waals surface area contributed by atoms with E-state index in [2.05, 4.69) is 10.6 Å². The number of nitrogens with one attached hydrogen (secondary N) is 2. The number of fused-ring (bicyclic) bond motifs is 1. The number of phenols is 2. The van der Waals surface area contributed by atoms with Gasteiger partial charge < -0.3 is 53.6 Å². The summed E-state index contributed by atoms with van der Waals surface area (Å²) in [6.45, 7) is 4.16. The summed E-state index contributed by atoms with van der Waals surface area (Å²) in [6.07, 6.45) is 1.45. The Hall–Kier alpha value is -4.76. The van der Waals surface area contributed by atoms with E-state index < -0.39 is 5.91 Å². The number of carbonyl (C=O) groups excluding carboxylic acids is 1. The lowest BCUT2D eigenvalue weighted by Gasteiger charge is -2.37. The Morgan fingerprint density at radius 3 is 1.98 bits per heavy atom. The average Bonchev–Trinajstić information content (AvgIpc) is 2.97. The van der Waals surface area contributed by atoms with Crippen LogP contribution in [0, 0.1) is 6.92 Å². The van der Waals surface area contributed by atoms with Gasteiger partial charge in [-0.05, 0) is 67.1 Å². The molecule has 0 spiro atoms. The van der Waals surface area contributed by atoms with Crippen molar-refractivity contribution in [1.82, 2.24) is 15.0 Å². The predicted molar refractivity (Wildman–Crippen MR) is 175 cm³/mol. The van der Waals surface area contributed by atoms with Crippen LogP contribution in [0.25, 0.3) is 10.8 Å². The van der Waals surface area contributed by atoms with Gasteiger partial charge in [0, 0.05) is 67.1 Å². The van der Waals surface area contributed by atoms with Crippen LogP contribution in [-0.2, 0) is 0 Å². The number of hydrogen-bond acceptors (Lipinski definition) is 13. The zero-order valence-electron chi connectivity index (χ0n) is 25.0. The first-order valence-electron chi connectivity index (χ1n) is 14.9. The van der Waals surface area contributed by atoms with Crippen molar-refractivity contribution in [2.24, 2.45) is 22.9 Å². The number of benzene rings is 3. The molecule has 3 heterocycles. The van der Waals surface area contributed by atoms with Crippen molar-refractivity contribution in [3.05, 3.63) is 59.7 Å². The minimum Gasteiger partial charge on any atom is -0.507 e. The van der Waals surface area contributed by atoms with E-state index in [1.165, 1.54) is 12.1 Å². The first-order valence-corrected chi connectivity index (χ1v) is 14.9. The average molecular weight is 614 g/mol. The summed E-state index contributed by atoms with van der Waals surface area (Å²) in [4.78, 5) is 31.3. The highest BCUT2D eigenvalue weighted by Gasteiger charge is 2.29. The molecule has 12 N–H and O–H groups in total. The molecular formula is C31H39N11O3. The van der Waals surface area contributed by atoms with Gasteiger partial charge in [0.2, 0.25) is 17.8 Å². The summed E-state index contributed by atoms with van der Waals surface area (Å²) in [6, 6.07) is 12.8. The first-order chi connectivity index (χ1) is 21.5. The van der Waals surface area contributed by atoms with E-state index in [-0.39, 0.29) is 41.2 Å². The van der Waals surface area contributed by atoms with Gasteiger partial charge in [-0.1, -0.05) is 12.1 Å². The Labute approximate surface area is 260 Å². The van der Waals surface area contributed by atoms with Gasteiger partial charge in [0.25, 0.3) is 5.91 Å². The molecule has 4 atom stereocenters. The van der Waals surface area contributed by atoms with Crippen LogP contribution in [0.5, 0.6) is 11.5 Å². The Kier molecular flexibility index (Phi) is 8.29. The maximum atomic E-state index is 13.1. The molecule has 2 aliphatic heterocycles. The number of phenolic OH excluding ortho intramolecular Hbond substituents is 2. The van der Waals surface area contributed by atoms with Crippen LogP contribution in [-0.4, -0.2) is 81.4 Å². The highest BCUT2D eigenvalue weighted by atomic mass is 16.3. The topological polar surface area (TPSA) is 231 Å². The molecule has 14 heteroatoms. The fourth-order valence-corrected chi connectivity index (χ4v) is 6.06. The lowest BCUT2D eigenvalue weighted by molar-refractivity contribution is 0.102. The van der Waals surface area contributed by atoms with Gasteiger partial charge in [-0.3, -0.25) is 4.79 Å². The molecule has 45 heavy (non-hydrogen) atoms. The van der Waals surface area contributed by atoms with Crippen molar-refractivity contribution in [1.29, 1.82) is 0 Å². The van der Waals surface area contributed by atoms with Crippen molar-refractivity contribution >= 4 is 45.9 Å². The molecule has 3 aromatic carbocycles. The third kappa shape index (κ3) is 6.68. The molecule has 0 bridgehead atoms. The number of aryl methyl sites for hydroxylation is 1. The van der Waals surface area contributed by atoms with E-state index in [1.54, 1.807) is 30.3 Å². The van der Waals surface area contributed by atoms with Gasteiger partial charge in [-0.25, -0.2) is 0 Å². The van der Waals surface area contributed by atoms with Crippen molar-refractivity contribution in [3.63, 3.8) is 0 Å². The maximum Gasteiger partial charge on any atom is 0.259 e. The third-order valence-corrected chi connectivity index (χ3v) is 8.16. The molecule has 14 nitrogen and oxygen atoms in total. The number of aromatic nitrogens is 3. The fraction of sp³-hybridized carbons (Fsp3) is 0.355. The molecule has 2 saturated heterocycles. The SMILES string of the molecule is Cc1cc(NC(=O)c2cc3cccc(O)c3cc2O)ccc1Nc1nc(N2C[C@H](N)C[C@H](N)C2)nc(N2C[C@H](N)C[C@H](N)C2)n1. The molecule has 0 saturated carbocycles. The number of nitrogens with two attached hydrogens (primary N) is 4. The number of rotatable bonds is 6. The predicted octanol–water partition coefficient (Wildman–Crippen LogP) is 1.47. The quantitative estimate of drug-likeness (QED) is 0.154. The monoisotopic (exact) mass is 613 g/mol. The van der Waals surface area contributed by atoms with E-state index in [9.17, 15) is 15.0 Å². The van der Waals surface area contributed by atoms with Crippen molar-refractivity contribution < 1.29 is 15.0 Å². The highest BCUT2D eigenvalue weighted by molar-refractivity contribution is 6.09. The van der Waals surface area contributed by atoms with E-state index in [4.69, 9.17) is 37.9 Å². The Morgan fingerprint density at radius 2 is 1.40 bits per heavy atom. The molecular weight excluding hydrogens is 574 g/mol. The molecule has 2 fully saturated rings. The zero-order valence-corrected chi connectivity index (χ0v) is 25.0. The largest absolute Gasteiger partial charge is 0.507 e. The van der Waals surface area contributed by atoms with Gasteiger partial charge in [0.05, 0.1) is 5.56 Å². The summed E-state index contributed by atoms with van der Waals surface area (Å²) >= 11 is 0. The molecule has 6 rings (SSSR count). The van der Waals surface area contributed by atoms with E-state index >= 15 is 0 Å². The Morgan fingerprint density at radius 1 is 0.800 bits per heavy atom. The summed E-state index contributed by atoms with van der Waals surface area (Å²) in [7, 11) is 0. The van der Waals surface area contributed by atoms with Crippen LogP contribution in [0.1, 0.15) is 28.8 Å². The van der Waals surface area contributed by atoms with E-state index in [1.807, 2.05) is 22.8 Å². The van der Waals surface area contributed by atoms with Gasteiger partial charge in [0.15, 0.2) is 0 Å². The second kappa shape index (κ2) is 12.3. The summed E-state index contributed by atoms with van der Waals surface area (Å²) in [5.74, 6) is 0.568. The summed E-state index contributed by atoms with van der Waals surface area (Å²) < 4.78 is 0. The van der Waals surface area contributed by atoms with Crippen LogP contribution in [0.15, 0.2) is 48.5 Å². The fourth-order valence-electron chi connectivity index (χ4n) is 6.06. The van der Waals surface area contributed by atoms with Crippen molar-refractivity contribution in [2.45, 2.75) is 43.9 Å². The first kappa shape index (κ1) is 30.3. The smallest absolute Gasteiger partial charge is 0.259 e. The van der Waals surface area contributed by atoms with E-state index in [0.717, 1.165) is 24.1 Å². The lowest BCUT2D eigenvalue weighted by Crippen LogP contribution is -2.54. The van der Waals surface area contributed by atoms with Crippen molar-refractivity contribution in [3.8, 4) is 11.5 Å². The van der Waals surface area contributed by atoms with Crippen LogP contribution in [0.3, 0.4) is 0 Å². The molecule has 236 valence electrons. The molecule has 1 amide bonds. The normalized spacial score (nSPS) is 22.0. The minimum atomic E-state index is -0.486. The number of carbonyl (C=O) groups is 1. The maximum absolute atomic E-state index is 13.1. The number of hydrogen-bond donors (Lipinski definition) is 8. The summed E-state index contributed by atoms with van der Waals surface area (Å²) in [5, 5.41) is 27.8. The van der Waals surface area contributed by atoms with E-state index in [0.29, 0.717) is 60.5 Å². The van der Waals surface area contributed by atoms with Gasteiger partial charge in [0.1, 0.15) is 11.5 Å². The Bertz CT molecular complexity index is 1670. The number of amides is 1. The second-order valence-electron chi connectivity index (χ2n) is 12.1. The second-order valence-corrected chi connectivity index (χ2v) is 12.1. The highest BCUT2D eigenvalue weighted by Crippen LogP contribution is 2.32. The number of aromatic hydroxyl groups is 2. The van der Waals surface area contributed by atoms with Gasteiger partial charge in [-0.15, -0.1) is 0 Å². The molecule has 0 unspecified atom stereocenters. The minimum absolute atomic E-state index is 0.0250. The molecule has 0 aliphatic carbocycles. The molecule has 0 radical (unpaired) electrons. The van der Waals surface area contributed by atoms with Crippen LogP contribution in [0.4, 0.5) is 29.2 Å². The van der Waals surface area contributed by atoms with Crippen LogP contribution >= 0.6 is 0 Å². The van der Waals surface area contributed by atoms with Gasteiger partial charge >= 0.3 is 0 Å². The van der Waals surface area contributed by atoms with Crippen LogP contribution < -0.4 is 43.4 Å². The van der Waals surface area contributed by atoms with Gasteiger partial charge in [-0.2, -0.15) is 15.0 Å². The summed E-state index contributed by atoms with van der Waals surface area (Å²) in [5.41, 5.74) is 27.2. The van der Waals surface area contributed by atoms with Crippen LogP contribution in [0.2, 0.25) is 0 Å². The third-order valence-electron chi connectivity index (χ3n) is 8.16. The molecule has 1 aromatic heterocycles. The number of nitrogens with zero attached hydrogens (tertiary/aromatic N) is 5. The standard InChI is InChI=1S/C31H39N11O3/c1-16-7-22(36-28(45)24-8-17-3-2-4-26(43)23(17)11-27(24)44)5-6-25(16)37-29-38-30(41-12-18(32)9-19(33)13-41)40-31(39-29)42-14-20(34)10-21(35)15-42/h2-8,11,18-21,43-44H,9-10,12-15,32-35H2,1H3,(H,36,45)(H,37,38,39,40)/t18-,19+,20-,21+. The molecule has 4 aromatic rings.